The highest BCUT2D eigenvalue weighted by Crippen LogP contribution is 2.43. The summed E-state index contributed by atoms with van der Waals surface area (Å²) in [5.41, 5.74) is 4.95. The van der Waals surface area contributed by atoms with Crippen molar-refractivity contribution < 1.29 is 20.1 Å². The summed E-state index contributed by atoms with van der Waals surface area (Å²) in [7, 11) is 0. The number of imidazole rings is 1. The minimum Gasteiger partial charge on any atom is -0.394 e. The Labute approximate surface area is 125 Å². The second-order valence-corrected chi connectivity index (χ2v) is 5.34. The zero-order chi connectivity index (χ0) is 16.1. The quantitative estimate of drug-likeness (QED) is 0.528. The molecule has 2 aromatic heterocycles. The smallest absolute Gasteiger partial charge is 0.172 e. The largest absolute Gasteiger partial charge is 0.394 e. The Bertz CT molecular complexity index is 732. The Morgan fingerprint density at radius 1 is 1.50 bits per heavy atom. The van der Waals surface area contributed by atoms with Gasteiger partial charge in [-0.2, -0.15) is 0 Å². The van der Waals surface area contributed by atoms with Crippen molar-refractivity contribution in [1.82, 2.24) is 19.5 Å². The number of anilines is 1. The minimum absolute atomic E-state index is 0.194. The third-order valence-electron chi connectivity index (χ3n) is 3.99. The van der Waals surface area contributed by atoms with E-state index in [0.29, 0.717) is 16.7 Å². The Morgan fingerprint density at radius 2 is 2.23 bits per heavy atom. The second kappa shape index (κ2) is 4.99. The summed E-state index contributed by atoms with van der Waals surface area (Å²) in [5, 5.41) is 30.5. The van der Waals surface area contributed by atoms with Crippen LogP contribution >= 0.6 is 0 Å². The molecule has 4 atom stereocenters. The van der Waals surface area contributed by atoms with Crippen molar-refractivity contribution in [2.24, 2.45) is 0 Å². The third-order valence-corrected chi connectivity index (χ3v) is 3.99. The first kappa shape index (κ1) is 14.9. The molecule has 1 fully saturated rings. The lowest BCUT2D eigenvalue weighted by atomic mass is 9.87. The Kier molecular flexibility index (Phi) is 3.37. The van der Waals surface area contributed by atoms with Crippen LogP contribution in [0, 0.1) is 0 Å². The minimum atomic E-state index is -1.79. The second-order valence-electron chi connectivity index (χ2n) is 5.34. The number of ether oxygens (including phenoxy) is 1. The van der Waals surface area contributed by atoms with Gasteiger partial charge in [0, 0.05) is 0 Å². The van der Waals surface area contributed by atoms with E-state index >= 15 is 0 Å². The summed E-state index contributed by atoms with van der Waals surface area (Å²) in [4.78, 5) is 12.0. The predicted octanol–water partition coefficient (Wildman–Crippen LogP) is -1.03. The zero-order valence-electron chi connectivity index (χ0n) is 11.9. The molecule has 0 amide bonds. The van der Waals surface area contributed by atoms with Crippen LogP contribution in [0.1, 0.15) is 13.2 Å². The van der Waals surface area contributed by atoms with Gasteiger partial charge in [0.15, 0.2) is 23.3 Å². The lowest BCUT2D eigenvalue weighted by Gasteiger charge is -2.32. The van der Waals surface area contributed by atoms with Crippen LogP contribution in [0.15, 0.2) is 24.8 Å². The molecule has 3 heterocycles. The summed E-state index contributed by atoms with van der Waals surface area (Å²) >= 11 is 0. The van der Waals surface area contributed by atoms with Gasteiger partial charge < -0.3 is 25.8 Å². The molecule has 0 saturated carbocycles. The number of hydrogen-bond acceptors (Lipinski definition) is 8. The molecule has 2 aromatic rings. The summed E-state index contributed by atoms with van der Waals surface area (Å²) in [5.74, 6) is 0.194. The van der Waals surface area contributed by atoms with E-state index in [9.17, 15) is 15.3 Å². The van der Waals surface area contributed by atoms with Crippen LogP contribution in [0.25, 0.3) is 11.2 Å². The van der Waals surface area contributed by atoms with Gasteiger partial charge in [0.1, 0.15) is 24.1 Å². The predicted molar refractivity (Wildman–Crippen MR) is 76.5 cm³/mol. The monoisotopic (exact) mass is 307 g/mol. The maximum Gasteiger partial charge on any atom is 0.172 e. The molecule has 0 aliphatic carbocycles. The molecule has 22 heavy (non-hydrogen) atoms. The van der Waals surface area contributed by atoms with Crippen LogP contribution in [0.3, 0.4) is 0 Å². The molecule has 0 unspecified atom stereocenters. The van der Waals surface area contributed by atoms with Gasteiger partial charge in [0.2, 0.25) is 0 Å². The highest BCUT2D eigenvalue weighted by atomic mass is 16.6. The van der Waals surface area contributed by atoms with Gasteiger partial charge in [-0.25, -0.2) is 15.0 Å². The van der Waals surface area contributed by atoms with E-state index in [2.05, 4.69) is 21.5 Å². The lowest BCUT2D eigenvalue weighted by Crippen LogP contribution is -2.47. The fourth-order valence-corrected chi connectivity index (χ4v) is 2.70. The molecule has 1 aliphatic rings. The summed E-state index contributed by atoms with van der Waals surface area (Å²) < 4.78 is 7.05. The third kappa shape index (κ3) is 1.83. The highest BCUT2D eigenvalue weighted by molar-refractivity contribution is 5.81. The number of hydrogen-bond donors (Lipinski definition) is 4. The van der Waals surface area contributed by atoms with Crippen molar-refractivity contribution in [2.45, 2.75) is 31.0 Å². The van der Waals surface area contributed by atoms with E-state index in [1.807, 2.05) is 0 Å². The molecule has 118 valence electrons. The van der Waals surface area contributed by atoms with Gasteiger partial charge >= 0.3 is 0 Å². The van der Waals surface area contributed by atoms with Crippen LogP contribution in [-0.4, -0.2) is 59.3 Å². The number of nitrogens with zero attached hydrogens (tertiary/aromatic N) is 4. The van der Waals surface area contributed by atoms with Gasteiger partial charge in [0.25, 0.3) is 0 Å². The van der Waals surface area contributed by atoms with E-state index in [1.54, 1.807) is 6.92 Å². The molecule has 0 bridgehead atoms. The average molecular weight is 307 g/mol. The van der Waals surface area contributed by atoms with Crippen molar-refractivity contribution in [2.75, 3.05) is 12.3 Å². The molecule has 1 aliphatic heterocycles. The fourth-order valence-electron chi connectivity index (χ4n) is 2.70. The fraction of sp³-hybridized carbons (Fsp3) is 0.462. The lowest BCUT2D eigenvalue weighted by molar-refractivity contribution is -0.0833. The first-order valence-electron chi connectivity index (χ1n) is 6.67. The topological polar surface area (TPSA) is 140 Å². The molecular weight excluding hydrogens is 290 g/mol. The number of nitrogen functional groups attached to an aromatic ring is 1. The summed E-state index contributed by atoms with van der Waals surface area (Å²) in [6.07, 6.45) is -0.679. The number of fused-ring (bicyclic) bond motifs is 1. The maximum absolute atomic E-state index is 10.9. The van der Waals surface area contributed by atoms with E-state index < -0.39 is 30.6 Å². The SMILES string of the molecule is C=C(C)[C@@]1(O)[C@H](O)[C@@H](CO)O[C@H]1n1cnc2c(N)ncnc21. The van der Waals surface area contributed by atoms with Crippen LogP contribution in [-0.2, 0) is 4.74 Å². The van der Waals surface area contributed by atoms with Gasteiger partial charge in [0.05, 0.1) is 12.9 Å². The number of rotatable bonds is 3. The van der Waals surface area contributed by atoms with Crippen molar-refractivity contribution in [3.8, 4) is 0 Å². The van der Waals surface area contributed by atoms with Crippen molar-refractivity contribution in [3.63, 3.8) is 0 Å². The van der Waals surface area contributed by atoms with E-state index in [-0.39, 0.29) is 5.82 Å². The molecule has 9 heteroatoms. The van der Waals surface area contributed by atoms with Crippen molar-refractivity contribution in [3.05, 3.63) is 24.8 Å². The average Bonchev–Trinajstić information content (AvgIpc) is 3.01. The number of aliphatic hydroxyl groups excluding tert-OH is 2. The zero-order valence-corrected chi connectivity index (χ0v) is 11.9. The van der Waals surface area contributed by atoms with Gasteiger partial charge in [-0.3, -0.25) is 4.57 Å². The molecule has 1 saturated heterocycles. The number of nitrogens with two attached hydrogens (primary N) is 1. The first-order chi connectivity index (χ1) is 10.4. The summed E-state index contributed by atoms with van der Waals surface area (Å²) in [6.45, 7) is 4.85. The molecular formula is C13H17N5O4. The molecule has 0 aromatic carbocycles. The molecule has 0 spiro atoms. The van der Waals surface area contributed by atoms with Gasteiger partial charge in [-0.15, -0.1) is 0 Å². The van der Waals surface area contributed by atoms with Crippen LogP contribution in [0.2, 0.25) is 0 Å². The van der Waals surface area contributed by atoms with Crippen LogP contribution < -0.4 is 5.73 Å². The molecule has 3 rings (SSSR count). The Balaban J connectivity index is 2.16. The van der Waals surface area contributed by atoms with Crippen molar-refractivity contribution in [1.29, 1.82) is 0 Å². The van der Waals surface area contributed by atoms with E-state index in [1.165, 1.54) is 17.2 Å². The van der Waals surface area contributed by atoms with Crippen LogP contribution in [0.4, 0.5) is 5.82 Å². The summed E-state index contributed by atoms with van der Waals surface area (Å²) in [6, 6.07) is 0. The molecule has 5 N–H and O–H groups in total. The van der Waals surface area contributed by atoms with E-state index in [0.717, 1.165) is 0 Å². The standard InChI is InChI=1S/C13H17N5O4/c1-6(2)13(21)9(20)7(3-19)22-12(13)18-5-17-8-10(14)15-4-16-11(8)18/h4-5,7,9,12,19-21H,1,3H2,2H3,(H2,14,15,16)/t7-,9-,12-,13-/m1/s1. The normalized spacial score (nSPS) is 31.7. The number of aromatic nitrogens is 4. The van der Waals surface area contributed by atoms with Crippen LogP contribution in [0.5, 0.6) is 0 Å². The van der Waals surface area contributed by atoms with Crippen molar-refractivity contribution >= 4 is 17.0 Å². The maximum atomic E-state index is 10.9. The van der Waals surface area contributed by atoms with Gasteiger partial charge in [-0.1, -0.05) is 6.58 Å². The number of aliphatic hydroxyl groups is 3. The molecule has 9 nitrogen and oxygen atoms in total. The van der Waals surface area contributed by atoms with E-state index in [4.69, 9.17) is 10.5 Å². The Morgan fingerprint density at radius 3 is 2.86 bits per heavy atom. The first-order valence-corrected chi connectivity index (χ1v) is 6.67. The molecule has 0 radical (unpaired) electrons. The van der Waals surface area contributed by atoms with Gasteiger partial charge in [-0.05, 0) is 12.5 Å². The highest BCUT2D eigenvalue weighted by Gasteiger charge is 2.57. The Hall–Kier alpha value is -2.07.